The topological polar surface area (TPSA) is 35.6 Å². The Morgan fingerprint density at radius 3 is 2.30 bits per heavy atom. The molecule has 0 radical (unpaired) electrons. The van der Waals surface area contributed by atoms with Crippen molar-refractivity contribution in [1.82, 2.24) is 9.80 Å². The highest BCUT2D eigenvalue weighted by molar-refractivity contribution is 5.89. The van der Waals surface area contributed by atoms with Gasteiger partial charge in [-0.1, -0.05) is 30.3 Å². The quantitative estimate of drug-likeness (QED) is 0.809. The Bertz CT molecular complexity index is 787. The normalized spacial score (nSPS) is 15.6. The maximum atomic E-state index is 13.3. The lowest BCUT2D eigenvalue weighted by Crippen LogP contribution is -2.49. The summed E-state index contributed by atoms with van der Waals surface area (Å²) in [5.74, 6) is -1.37. The van der Waals surface area contributed by atoms with Gasteiger partial charge in [-0.05, 0) is 23.8 Å². The predicted octanol–water partition coefficient (Wildman–Crippen LogP) is 4.19. The number of nitrogens with zero attached hydrogens (tertiary/aromatic N) is 2. The zero-order chi connectivity index (χ0) is 19.4. The average Bonchev–Trinajstić information content (AvgIpc) is 2.64. The van der Waals surface area contributed by atoms with Crippen molar-refractivity contribution in [3.8, 4) is 0 Å². The zero-order valence-electron chi connectivity index (χ0n) is 14.5. The first kappa shape index (κ1) is 19.2. The van der Waals surface area contributed by atoms with Gasteiger partial charge in [0.2, 0.25) is 0 Å². The summed E-state index contributed by atoms with van der Waals surface area (Å²) in [4.78, 5) is 16.0. The monoisotopic (exact) mass is 381 g/mol. The van der Waals surface area contributed by atoms with Crippen molar-refractivity contribution < 1.29 is 22.4 Å². The van der Waals surface area contributed by atoms with E-state index in [1.54, 1.807) is 0 Å². The molecule has 1 aliphatic rings. The van der Waals surface area contributed by atoms with E-state index in [0.717, 1.165) is 12.6 Å². The van der Waals surface area contributed by atoms with Gasteiger partial charge in [0.05, 0.1) is 5.56 Å². The van der Waals surface area contributed by atoms with Crippen molar-refractivity contribution in [2.24, 2.45) is 0 Å². The molecule has 4 nitrogen and oxygen atoms in total. The third-order valence-electron chi connectivity index (χ3n) is 4.43. The summed E-state index contributed by atoms with van der Waals surface area (Å²) in [6.07, 6.45) is -4.81. The number of nitrogens with one attached hydrogen (secondary N) is 1. The molecule has 2 aromatic rings. The molecule has 1 N–H and O–H groups in total. The van der Waals surface area contributed by atoms with Crippen LogP contribution in [0.4, 0.5) is 28.0 Å². The summed E-state index contributed by atoms with van der Waals surface area (Å²) in [6, 6.07) is 11.9. The highest BCUT2D eigenvalue weighted by Crippen LogP contribution is 2.33. The number of hydrogen-bond acceptors (Lipinski definition) is 2. The van der Waals surface area contributed by atoms with Crippen molar-refractivity contribution in [2.75, 3.05) is 31.5 Å². The maximum absolute atomic E-state index is 13.3. The molecule has 1 heterocycles. The van der Waals surface area contributed by atoms with Gasteiger partial charge >= 0.3 is 12.2 Å². The summed E-state index contributed by atoms with van der Waals surface area (Å²) < 4.78 is 51.7. The number of rotatable bonds is 3. The van der Waals surface area contributed by atoms with Crippen LogP contribution in [0.25, 0.3) is 0 Å². The fraction of sp³-hybridized carbons (Fsp3) is 0.316. The molecular formula is C19H19F4N3O. The second-order valence-corrected chi connectivity index (χ2v) is 6.37. The molecule has 8 heteroatoms. The second kappa shape index (κ2) is 7.96. The summed E-state index contributed by atoms with van der Waals surface area (Å²) in [7, 11) is 0. The summed E-state index contributed by atoms with van der Waals surface area (Å²) in [5, 5.41) is 2.42. The van der Waals surface area contributed by atoms with Crippen molar-refractivity contribution in [3.05, 3.63) is 65.5 Å². The Kier molecular flexibility index (Phi) is 5.65. The number of anilines is 1. The SMILES string of the molecule is O=C(Nc1ccc(F)c(C(F)(F)F)c1)N1CCN(Cc2ccccc2)CC1. The molecule has 0 spiro atoms. The molecule has 1 aliphatic heterocycles. The molecule has 1 fully saturated rings. The molecule has 3 rings (SSSR count). The van der Waals surface area contributed by atoms with Crippen LogP contribution in [0.3, 0.4) is 0 Å². The van der Waals surface area contributed by atoms with Gasteiger partial charge in [-0.3, -0.25) is 4.90 Å². The molecule has 2 amide bonds. The molecule has 0 unspecified atom stereocenters. The summed E-state index contributed by atoms with van der Waals surface area (Å²) in [6.45, 7) is 3.04. The Labute approximate surface area is 154 Å². The van der Waals surface area contributed by atoms with Crippen molar-refractivity contribution in [2.45, 2.75) is 12.7 Å². The first-order valence-corrected chi connectivity index (χ1v) is 8.52. The molecule has 0 aromatic heterocycles. The van der Waals surface area contributed by atoms with Crippen LogP contribution in [0.2, 0.25) is 0 Å². The molecule has 27 heavy (non-hydrogen) atoms. The highest BCUT2D eigenvalue weighted by atomic mass is 19.4. The smallest absolute Gasteiger partial charge is 0.322 e. The van der Waals surface area contributed by atoms with Crippen molar-refractivity contribution in [3.63, 3.8) is 0 Å². The van der Waals surface area contributed by atoms with E-state index < -0.39 is 23.6 Å². The van der Waals surface area contributed by atoms with Gasteiger partial charge in [0.15, 0.2) is 0 Å². The van der Waals surface area contributed by atoms with Crippen LogP contribution in [0.5, 0.6) is 0 Å². The highest BCUT2D eigenvalue weighted by Gasteiger charge is 2.34. The minimum absolute atomic E-state index is 0.0829. The van der Waals surface area contributed by atoms with Crippen LogP contribution < -0.4 is 5.32 Å². The van der Waals surface area contributed by atoms with Crippen molar-refractivity contribution in [1.29, 1.82) is 0 Å². The minimum Gasteiger partial charge on any atom is -0.322 e. The van der Waals surface area contributed by atoms with Crippen molar-refractivity contribution >= 4 is 11.7 Å². The van der Waals surface area contributed by atoms with Gasteiger partial charge < -0.3 is 10.2 Å². The standard InChI is InChI=1S/C19H19F4N3O/c20-17-7-6-15(12-16(17)19(21,22)23)24-18(27)26-10-8-25(9-11-26)13-14-4-2-1-3-5-14/h1-7,12H,8-11,13H2,(H,24,27). The zero-order valence-corrected chi connectivity index (χ0v) is 14.5. The second-order valence-electron chi connectivity index (χ2n) is 6.37. The van der Waals surface area contributed by atoms with Gasteiger partial charge in [-0.25, -0.2) is 9.18 Å². The molecule has 0 saturated carbocycles. The van der Waals surface area contributed by atoms with E-state index >= 15 is 0 Å². The minimum atomic E-state index is -4.81. The third kappa shape index (κ3) is 4.97. The fourth-order valence-electron chi connectivity index (χ4n) is 2.97. The van der Waals surface area contributed by atoms with E-state index in [2.05, 4.69) is 10.2 Å². The van der Waals surface area contributed by atoms with Gasteiger partial charge in [-0.15, -0.1) is 0 Å². The lowest BCUT2D eigenvalue weighted by molar-refractivity contribution is -0.139. The van der Waals surface area contributed by atoms with Gasteiger partial charge in [0.1, 0.15) is 5.82 Å². The Morgan fingerprint density at radius 1 is 1.00 bits per heavy atom. The Hall–Kier alpha value is -2.61. The van der Waals surface area contributed by atoms with E-state index in [1.165, 1.54) is 10.5 Å². The first-order valence-electron chi connectivity index (χ1n) is 8.52. The molecule has 2 aromatic carbocycles. The molecule has 0 bridgehead atoms. The van der Waals surface area contributed by atoms with E-state index in [4.69, 9.17) is 0 Å². The van der Waals surface area contributed by atoms with Crippen LogP contribution in [0.1, 0.15) is 11.1 Å². The maximum Gasteiger partial charge on any atom is 0.419 e. The summed E-state index contributed by atoms with van der Waals surface area (Å²) >= 11 is 0. The van der Waals surface area contributed by atoms with E-state index in [0.29, 0.717) is 38.3 Å². The van der Waals surface area contributed by atoms with Gasteiger partial charge in [0, 0.05) is 38.4 Å². The average molecular weight is 381 g/mol. The van der Waals surface area contributed by atoms with Crippen LogP contribution in [0, 0.1) is 5.82 Å². The molecule has 0 atom stereocenters. The van der Waals surface area contributed by atoms with Crippen LogP contribution in [-0.4, -0.2) is 42.0 Å². The third-order valence-corrected chi connectivity index (χ3v) is 4.43. The predicted molar refractivity (Wildman–Crippen MR) is 93.7 cm³/mol. The Balaban J connectivity index is 1.55. The van der Waals surface area contributed by atoms with E-state index in [-0.39, 0.29) is 5.69 Å². The number of alkyl halides is 3. The van der Waals surface area contributed by atoms with Gasteiger partial charge in [0.25, 0.3) is 0 Å². The van der Waals surface area contributed by atoms with E-state index in [1.807, 2.05) is 30.3 Å². The van der Waals surface area contributed by atoms with Crippen LogP contribution >= 0.6 is 0 Å². The largest absolute Gasteiger partial charge is 0.419 e. The number of urea groups is 1. The lowest BCUT2D eigenvalue weighted by Gasteiger charge is -2.34. The molecular weight excluding hydrogens is 362 g/mol. The Morgan fingerprint density at radius 2 is 1.67 bits per heavy atom. The van der Waals surface area contributed by atoms with Gasteiger partial charge in [-0.2, -0.15) is 13.2 Å². The number of piperazine rings is 1. The lowest BCUT2D eigenvalue weighted by atomic mass is 10.2. The number of hydrogen-bond donors (Lipinski definition) is 1. The number of carbonyl (C=O) groups is 1. The van der Waals surface area contributed by atoms with E-state index in [9.17, 15) is 22.4 Å². The summed E-state index contributed by atoms with van der Waals surface area (Å²) in [5.41, 5.74) is -0.296. The molecule has 144 valence electrons. The number of amides is 2. The number of halogens is 4. The number of carbonyl (C=O) groups excluding carboxylic acids is 1. The first-order chi connectivity index (χ1) is 12.8. The fourth-order valence-corrected chi connectivity index (χ4v) is 2.97. The number of benzene rings is 2. The molecule has 1 saturated heterocycles. The van der Waals surface area contributed by atoms with Crippen LogP contribution in [0.15, 0.2) is 48.5 Å². The van der Waals surface area contributed by atoms with Crippen LogP contribution in [-0.2, 0) is 12.7 Å². The molecule has 0 aliphatic carbocycles.